The van der Waals surface area contributed by atoms with Crippen molar-refractivity contribution in [2.24, 2.45) is 0 Å². The zero-order chi connectivity index (χ0) is 16.2. The number of hydrogen-bond acceptors (Lipinski definition) is 5. The van der Waals surface area contributed by atoms with E-state index in [4.69, 9.17) is 9.47 Å². The summed E-state index contributed by atoms with van der Waals surface area (Å²) in [5.41, 5.74) is 3.09. The maximum absolute atomic E-state index is 11.8. The van der Waals surface area contributed by atoms with Crippen LogP contribution < -0.4 is 4.74 Å². The molecule has 0 aliphatic carbocycles. The van der Waals surface area contributed by atoms with Crippen LogP contribution >= 0.6 is 11.3 Å². The number of rotatable bonds is 5. The van der Waals surface area contributed by atoms with Gasteiger partial charge in [0.2, 0.25) is 0 Å². The van der Waals surface area contributed by atoms with Gasteiger partial charge in [0.15, 0.2) is 6.61 Å². The lowest BCUT2D eigenvalue weighted by molar-refractivity contribution is -0.147. The molecule has 0 aliphatic rings. The molecular formula is C18H17NO3S. The van der Waals surface area contributed by atoms with Crippen molar-refractivity contribution in [3.05, 3.63) is 58.6 Å². The lowest BCUT2D eigenvalue weighted by Gasteiger charge is -2.09. The Morgan fingerprint density at radius 2 is 2.00 bits per heavy atom. The predicted octanol–water partition coefficient (Wildman–Crippen LogP) is 4.04. The molecule has 0 spiro atoms. The van der Waals surface area contributed by atoms with Crippen molar-refractivity contribution in [3.8, 4) is 5.75 Å². The summed E-state index contributed by atoms with van der Waals surface area (Å²) in [6, 6.07) is 13.7. The smallest absolute Gasteiger partial charge is 0.344 e. The molecule has 0 saturated heterocycles. The number of thiazole rings is 1. The van der Waals surface area contributed by atoms with Gasteiger partial charge in [-0.2, -0.15) is 0 Å². The highest BCUT2D eigenvalue weighted by atomic mass is 32.1. The highest BCUT2D eigenvalue weighted by Crippen LogP contribution is 2.22. The highest BCUT2D eigenvalue weighted by Gasteiger charge is 2.09. The van der Waals surface area contributed by atoms with Crippen molar-refractivity contribution in [1.29, 1.82) is 0 Å². The van der Waals surface area contributed by atoms with Crippen molar-refractivity contribution in [3.63, 3.8) is 0 Å². The highest BCUT2D eigenvalue weighted by molar-refractivity contribution is 7.18. The first-order valence-electron chi connectivity index (χ1n) is 7.32. The van der Waals surface area contributed by atoms with Gasteiger partial charge in [-0.1, -0.05) is 29.8 Å². The summed E-state index contributed by atoms with van der Waals surface area (Å²) in [5.74, 6) is 0.303. The van der Waals surface area contributed by atoms with E-state index in [1.807, 2.05) is 56.3 Å². The number of hydrogen-bond donors (Lipinski definition) is 0. The summed E-state index contributed by atoms with van der Waals surface area (Å²) in [6.07, 6.45) is 0. The second kappa shape index (κ2) is 6.79. The lowest BCUT2D eigenvalue weighted by atomic mass is 10.1. The van der Waals surface area contributed by atoms with Gasteiger partial charge in [-0.05, 0) is 37.6 Å². The summed E-state index contributed by atoms with van der Waals surface area (Å²) in [7, 11) is 0. The Bertz CT molecular complexity index is 808. The van der Waals surface area contributed by atoms with Crippen LogP contribution in [-0.2, 0) is 16.1 Å². The molecule has 0 saturated carbocycles. The third kappa shape index (κ3) is 3.87. The Morgan fingerprint density at radius 3 is 2.78 bits per heavy atom. The van der Waals surface area contributed by atoms with E-state index in [1.165, 1.54) is 11.3 Å². The fraction of sp³-hybridized carbons (Fsp3) is 0.222. The Balaban J connectivity index is 1.53. The minimum Gasteiger partial charge on any atom is -0.482 e. The Hall–Kier alpha value is -2.40. The van der Waals surface area contributed by atoms with Gasteiger partial charge in [-0.3, -0.25) is 0 Å². The first-order chi connectivity index (χ1) is 11.1. The van der Waals surface area contributed by atoms with Crippen LogP contribution in [-0.4, -0.2) is 17.6 Å². The van der Waals surface area contributed by atoms with Crippen molar-refractivity contribution in [2.75, 3.05) is 6.61 Å². The number of carbonyl (C=O) groups excluding carboxylic acids is 1. The molecule has 3 aromatic rings. The molecule has 2 aromatic carbocycles. The zero-order valence-corrected chi connectivity index (χ0v) is 13.9. The van der Waals surface area contributed by atoms with E-state index in [9.17, 15) is 4.79 Å². The van der Waals surface area contributed by atoms with Gasteiger partial charge < -0.3 is 9.47 Å². The number of fused-ring (bicyclic) bond motifs is 1. The van der Waals surface area contributed by atoms with Crippen LogP contribution in [0.5, 0.6) is 5.75 Å². The molecule has 3 rings (SSSR count). The monoisotopic (exact) mass is 327 g/mol. The Kier molecular flexibility index (Phi) is 4.57. The maximum atomic E-state index is 11.8. The molecule has 0 unspecified atom stereocenters. The first-order valence-corrected chi connectivity index (χ1v) is 8.13. The van der Waals surface area contributed by atoms with Crippen LogP contribution in [0.2, 0.25) is 0 Å². The molecular weight excluding hydrogens is 310 g/mol. The zero-order valence-electron chi connectivity index (χ0n) is 13.0. The average molecular weight is 327 g/mol. The molecule has 23 heavy (non-hydrogen) atoms. The van der Waals surface area contributed by atoms with Gasteiger partial charge in [0.25, 0.3) is 0 Å². The quantitative estimate of drug-likeness (QED) is 0.664. The normalized spacial score (nSPS) is 10.7. The summed E-state index contributed by atoms with van der Waals surface area (Å²) >= 11 is 1.53. The predicted molar refractivity (Wildman–Crippen MR) is 90.8 cm³/mol. The van der Waals surface area contributed by atoms with Crippen molar-refractivity contribution >= 4 is 27.5 Å². The van der Waals surface area contributed by atoms with Crippen LogP contribution in [0.25, 0.3) is 10.2 Å². The van der Waals surface area contributed by atoms with Crippen LogP contribution in [0, 0.1) is 13.8 Å². The SMILES string of the molecule is Cc1ccc(OCC(=O)OCc2nc3ccccc3s2)c(C)c1. The molecule has 0 N–H and O–H groups in total. The van der Waals surface area contributed by atoms with Gasteiger partial charge in [-0.15, -0.1) is 11.3 Å². The van der Waals surface area contributed by atoms with Crippen LogP contribution in [0.15, 0.2) is 42.5 Å². The molecule has 1 heterocycles. The number of ether oxygens (including phenoxy) is 2. The first kappa shape index (κ1) is 15.5. The molecule has 1 aromatic heterocycles. The number of esters is 1. The van der Waals surface area contributed by atoms with E-state index < -0.39 is 5.97 Å². The van der Waals surface area contributed by atoms with E-state index in [1.54, 1.807) is 0 Å². The topological polar surface area (TPSA) is 48.4 Å². The molecule has 0 atom stereocenters. The number of aromatic nitrogens is 1. The van der Waals surface area contributed by atoms with Crippen molar-refractivity contribution in [1.82, 2.24) is 4.98 Å². The van der Waals surface area contributed by atoms with Gasteiger partial charge >= 0.3 is 5.97 Å². The van der Waals surface area contributed by atoms with Gasteiger partial charge in [-0.25, -0.2) is 9.78 Å². The Labute approximate surface area is 138 Å². The second-order valence-corrected chi connectivity index (χ2v) is 6.41. The van der Waals surface area contributed by atoms with Crippen LogP contribution in [0.1, 0.15) is 16.1 Å². The molecule has 118 valence electrons. The fourth-order valence-corrected chi connectivity index (χ4v) is 3.14. The number of aryl methyl sites for hydroxylation is 2. The van der Waals surface area contributed by atoms with Gasteiger partial charge in [0.1, 0.15) is 17.4 Å². The summed E-state index contributed by atoms with van der Waals surface area (Å²) in [6.45, 7) is 4.04. The largest absolute Gasteiger partial charge is 0.482 e. The minimum atomic E-state index is -0.399. The molecule has 5 heteroatoms. The molecule has 0 aliphatic heterocycles. The van der Waals surface area contributed by atoms with Gasteiger partial charge in [0, 0.05) is 0 Å². The number of benzene rings is 2. The number of carbonyl (C=O) groups is 1. The summed E-state index contributed by atoms with van der Waals surface area (Å²) < 4.78 is 11.8. The van der Waals surface area contributed by atoms with E-state index in [2.05, 4.69) is 4.98 Å². The molecule has 0 bridgehead atoms. The fourth-order valence-electron chi connectivity index (χ4n) is 2.26. The number of para-hydroxylation sites is 1. The lowest BCUT2D eigenvalue weighted by Crippen LogP contribution is -2.15. The van der Waals surface area contributed by atoms with E-state index in [-0.39, 0.29) is 13.2 Å². The summed E-state index contributed by atoms with van der Waals surface area (Å²) in [5, 5.41) is 0.783. The van der Waals surface area contributed by atoms with E-state index in [0.717, 1.165) is 26.4 Å². The van der Waals surface area contributed by atoms with E-state index >= 15 is 0 Å². The molecule has 4 nitrogen and oxygen atoms in total. The number of nitrogens with zero attached hydrogens (tertiary/aromatic N) is 1. The van der Waals surface area contributed by atoms with Crippen molar-refractivity contribution in [2.45, 2.75) is 20.5 Å². The summed E-state index contributed by atoms with van der Waals surface area (Å²) in [4.78, 5) is 16.2. The average Bonchev–Trinajstić information content (AvgIpc) is 2.95. The maximum Gasteiger partial charge on any atom is 0.344 e. The van der Waals surface area contributed by atoms with Crippen LogP contribution in [0.3, 0.4) is 0 Å². The molecule has 0 fully saturated rings. The third-order valence-electron chi connectivity index (χ3n) is 3.37. The standard InChI is InChI=1S/C18H17NO3S/c1-12-7-8-15(13(2)9-12)21-11-18(20)22-10-17-19-14-5-3-4-6-16(14)23-17/h3-9H,10-11H2,1-2H3. The third-order valence-corrected chi connectivity index (χ3v) is 4.38. The second-order valence-electron chi connectivity index (χ2n) is 5.29. The van der Waals surface area contributed by atoms with E-state index in [0.29, 0.717) is 5.75 Å². The molecule has 0 amide bonds. The minimum absolute atomic E-state index is 0.102. The van der Waals surface area contributed by atoms with Crippen molar-refractivity contribution < 1.29 is 14.3 Å². The van der Waals surface area contributed by atoms with Gasteiger partial charge in [0.05, 0.1) is 10.2 Å². The Morgan fingerprint density at radius 1 is 1.17 bits per heavy atom. The van der Waals surface area contributed by atoms with Crippen LogP contribution in [0.4, 0.5) is 0 Å². The molecule has 0 radical (unpaired) electrons.